The second-order valence-electron chi connectivity index (χ2n) is 5.59. The minimum atomic E-state index is -4.74. The van der Waals surface area contributed by atoms with Gasteiger partial charge in [0.25, 0.3) is 0 Å². The molecule has 11 heteroatoms. The van der Waals surface area contributed by atoms with Crippen LogP contribution in [-0.4, -0.2) is 35.2 Å². The molecule has 0 bridgehead atoms. The number of aromatic nitrogens is 7. The fourth-order valence-electron chi connectivity index (χ4n) is 2.51. The molecule has 0 spiro atoms. The number of halogens is 4. The summed E-state index contributed by atoms with van der Waals surface area (Å²) in [5.41, 5.74) is -0.697. The molecule has 0 saturated carbocycles. The number of nitrogens with zero attached hydrogens (tertiary/aromatic N) is 7. The van der Waals surface area contributed by atoms with Crippen molar-refractivity contribution in [1.29, 1.82) is 0 Å². The van der Waals surface area contributed by atoms with Crippen LogP contribution in [0.2, 0.25) is 5.02 Å². The van der Waals surface area contributed by atoms with E-state index in [2.05, 4.69) is 30.5 Å². The predicted octanol–water partition coefficient (Wildman–Crippen LogP) is 3.85. The maximum atomic E-state index is 13.7. The first-order valence-electron chi connectivity index (χ1n) is 7.83. The van der Waals surface area contributed by atoms with E-state index in [-0.39, 0.29) is 17.2 Å². The lowest BCUT2D eigenvalue weighted by Gasteiger charge is -2.12. The monoisotopic (exact) mass is 403 g/mol. The Morgan fingerprint density at radius 2 is 1.79 bits per heavy atom. The summed E-state index contributed by atoms with van der Waals surface area (Å²) in [4.78, 5) is 11.6. The minimum Gasteiger partial charge on any atom is -0.264 e. The highest BCUT2D eigenvalue weighted by Gasteiger charge is 2.38. The lowest BCUT2D eigenvalue weighted by atomic mass is 10.2. The molecule has 0 fully saturated rings. The summed E-state index contributed by atoms with van der Waals surface area (Å²) < 4.78 is 42.3. The molecule has 0 aliphatic carbocycles. The van der Waals surface area contributed by atoms with Crippen LogP contribution in [0, 0.1) is 0 Å². The third kappa shape index (κ3) is 3.41. The molecular formula is C17H9ClF3N7. The molecule has 0 unspecified atom stereocenters. The largest absolute Gasteiger partial charge is 0.434 e. The average Bonchev–Trinajstić information content (AvgIpc) is 3.18. The van der Waals surface area contributed by atoms with E-state index >= 15 is 0 Å². The van der Waals surface area contributed by atoms with E-state index in [4.69, 9.17) is 11.6 Å². The standard InChI is InChI=1S/C17H9ClF3N7/c18-11-3-5-12(6-4-11)28-16(25-26-27-28)13-9-23-15(10-2-1-7-22-8-10)24-14(13)17(19,20)21/h1-9H. The second kappa shape index (κ2) is 6.97. The van der Waals surface area contributed by atoms with E-state index in [1.54, 1.807) is 36.4 Å². The Balaban J connectivity index is 1.87. The molecule has 1 aromatic carbocycles. The molecule has 4 rings (SSSR count). The molecular weight excluding hydrogens is 395 g/mol. The molecule has 0 aliphatic heterocycles. The van der Waals surface area contributed by atoms with Crippen molar-refractivity contribution in [3.63, 3.8) is 0 Å². The van der Waals surface area contributed by atoms with Crippen LogP contribution in [0.25, 0.3) is 28.5 Å². The van der Waals surface area contributed by atoms with Crippen LogP contribution < -0.4 is 0 Å². The van der Waals surface area contributed by atoms with Crippen molar-refractivity contribution >= 4 is 11.6 Å². The summed E-state index contributed by atoms with van der Waals surface area (Å²) in [6.07, 6.45) is -0.808. The van der Waals surface area contributed by atoms with E-state index in [0.29, 0.717) is 16.3 Å². The van der Waals surface area contributed by atoms with Gasteiger partial charge in [-0.25, -0.2) is 9.97 Å². The molecule has 0 N–H and O–H groups in total. The number of pyridine rings is 1. The van der Waals surface area contributed by atoms with Gasteiger partial charge in [0, 0.05) is 29.2 Å². The molecule has 140 valence electrons. The third-order valence-electron chi connectivity index (χ3n) is 3.76. The van der Waals surface area contributed by atoms with E-state index in [1.807, 2.05) is 0 Å². The molecule has 4 aromatic rings. The van der Waals surface area contributed by atoms with Gasteiger partial charge in [0.1, 0.15) is 0 Å². The van der Waals surface area contributed by atoms with Gasteiger partial charge < -0.3 is 0 Å². The molecule has 0 saturated heterocycles. The summed E-state index contributed by atoms with van der Waals surface area (Å²) in [6.45, 7) is 0. The van der Waals surface area contributed by atoms with Crippen molar-refractivity contribution < 1.29 is 13.2 Å². The van der Waals surface area contributed by atoms with Crippen molar-refractivity contribution in [2.24, 2.45) is 0 Å². The number of alkyl halides is 3. The maximum absolute atomic E-state index is 13.7. The first-order valence-corrected chi connectivity index (χ1v) is 8.20. The van der Waals surface area contributed by atoms with E-state index in [9.17, 15) is 13.2 Å². The lowest BCUT2D eigenvalue weighted by molar-refractivity contribution is -0.140. The normalized spacial score (nSPS) is 11.6. The summed E-state index contributed by atoms with van der Waals surface area (Å²) >= 11 is 5.86. The lowest BCUT2D eigenvalue weighted by Crippen LogP contribution is -2.13. The SMILES string of the molecule is FC(F)(F)c1nc(-c2cccnc2)ncc1-c1nnnn1-c1ccc(Cl)cc1. The molecule has 0 atom stereocenters. The smallest absolute Gasteiger partial charge is 0.264 e. The van der Waals surface area contributed by atoms with Gasteiger partial charge in [-0.3, -0.25) is 4.98 Å². The maximum Gasteiger partial charge on any atom is 0.434 e. The molecule has 0 radical (unpaired) electrons. The van der Waals surface area contributed by atoms with E-state index < -0.39 is 11.9 Å². The van der Waals surface area contributed by atoms with Crippen LogP contribution in [0.3, 0.4) is 0 Å². The highest BCUT2D eigenvalue weighted by Crippen LogP contribution is 2.36. The quantitative estimate of drug-likeness (QED) is 0.516. The van der Waals surface area contributed by atoms with Crippen molar-refractivity contribution in [3.8, 4) is 28.5 Å². The first-order chi connectivity index (χ1) is 13.4. The second-order valence-corrected chi connectivity index (χ2v) is 6.02. The van der Waals surface area contributed by atoms with Crippen LogP contribution in [-0.2, 0) is 6.18 Å². The molecule has 3 aromatic heterocycles. The Hall–Kier alpha value is -3.40. The molecule has 3 heterocycles. The van der Waals surface area contributed by atoms with Crippen LogP contribution >= 0.6 is 11.6 Å². The van der Waals surface area contributed by atoms with Gasteiger partial charge >= 0.3 is 6.18 Å². The number of rotatable bonds is 3. The zero-order valence-corrected chi connectivity index (χ0v) is 14.6. The Kier molecular flexibility index (Phi) is 4.47. The number of tetrazole rings is 1. The van der Waals surface area contributed by atoms with Crippen molar-refractivity contribution in [2.75, 3.05) is 0 Å². The summed E-state index contributed by atoms with van der Waals surface area (Å²) in [6, 6.07) is 9.48. The zero-order chi connectivity index (χ0) is 19.7. The van der Waals surface area contributed by atoms with Gasteiger partial charge in [0.05, 0.1) is 11.3 Å². The highest BCUT2D eigenvalue weighted by molar-refractivity contribution is 6.30. The average molecular weight is 404 g/mol. The first kappa shape index (κ1) is 18.0. The highest BCUT2D eigenvalue weighted by atomic mass is 35.5. The van der Waals surface area contributed by atoms with Crippen molar-refractivity contribution in [2.45, 2.75) is 6.18 Å². The zero-order valence-electron chi connectivity index (χ0n) is 13.8. The van der Waals surface area contributed by atoms with Gasteiger partial charge in [-0.15, -0.1) is 5.10 Å². The summed E-state index contributed by atoms with van der Waals surface area (Å²) in [7, 11) is 0. The number of benzene rings is 1. The number of hydrogen-bond acceptors (Lipinski definition) is 6. The van der Waals surface area contributed by atoms with Gasteiger partial charge in [-0.1, -0.05) is 11.6 Å². The third-order valence-corrected chi connectivity index (χ3v) is 4.01. The van der Waals surface area contributed by atoms with E-state index in [1.165, 1.54) is 12.4 Å². The Labute approximate surface area is 160 Å². The fourth-order valence-corrected chi connectivity index (χ4v) is 2.63. The summed E-state index contributed by atoms with van der Waals surface area (Å²) in [5.74, 6) is -0.248. The van der Waals surface area contributed by atoms with Gasteiger partial charge in [0.15, 0.2) is 17.3 Å². The van der Waals surface area contributed by atoms with Crippen LogP contribution in [0.5, 0.6) is 0 Å². The topological polar surface area (TPSA) is 82.3 Å². The molecule has 7 nitrogen and oxygen atoms in total. The van der Waals surface area contributed by atoms with E-state index in [0.717, 1.165) is 10.9 Å². The fraction of sp³-hybridized carbons (Fsp3) is 0.0588. The number of hydrogen-bond donors (Lipinski definition) is 0. The Morgan fingerprint density at radius 3 is 2.46 bits per heavy atom. The van der Waals surface area contributed by atoms with Crippen LogP contribution in [0.4, 0.5) is 13.2 Å². The Morgan fingerprint density at radius 1 is 1.00 bits per heavy atom. The van der Waals surface area contributed by atoms with Crippen molar-refractivity contribution in [1.82, 2.24) is 35.2 Å². The predicted molar refractivity (Wildman–Crippen MR) is 93.4 cm³/mol. The molecule has 0 amide bonds. The van der Waals surface area contributed by atoms with Crippen LogP contribution in [0.15, 0.2) is 55.0 Å². The van der Waals surface area contributed by atoms with Crippen LogP contribution in [0.1, 0.15) is 5.69 Å². The summed E-state index contributed by atoms with van der Waals surface area (Å²) in [5, 5.41) is 11.5. The van der Waals surface area contributed by atoms with Crippen molar-refractivity contribution in [3.05, 3.63) is 65.7 Å². The van der Waals surface area contributed by atoms with Gasteiger partial charge in [-0.05, 0) is 46.8 Å². The molecule has 28 heavy (non-hydrogen) atoms. The Bertz CT molecular complexity index is 1110. The minimum absolute atomic E-state index is 0.102. The molecule has 0 aliphatic rings. The van der Waals surface area contributed by atoms with Gasteiger partial charge in [-0.2, -0.15) is 17.9 Å². The van der Waals surface area contributed by atoms with Gasteiger partial charge in [0.2, 0.25) is 0 Å².